The molecule has 2 heterocycles. The second-order valence-corrected chi connectivity index (χ2v) is 9.81. The summed E-state index contributed by atoms with van der Waals surface area (Å²) in [6.45, 7) is 1.31. The van der Waals surface area contributed by atoms with Gasteiger partial charge in [0, 0.05) is 34.6 Å². The second-order valence-electron chi connectivity index (χ2n) is 6.96. The van der Waals surface area contributed by atoms with Crippen LogP contribution in [0.15, 0.2) is 67.1 Å². The largest absolute Gasteiger partial charge is 0.489 e. The summed E-state index contributed by atoms with van der Waals surface area (Å²) in [6, 6.07) is 13.3. The van der Waals surface area contributed by atoms with Crippen LogP contribution in [0.4, 0.5) is 0 Å². The molecule has 3 aromatic rings. The van der Waals surface area contributed by atoms with Crippen molar-refractivity contribution in [1.82, 2.24) is 4.31 Å². The van der Waals surface area contributed by atoms with E-state index in [-0.39, 0.29) is 11.5 Å². The van der Waals surface area contributed by atoms with Gasteiger partial charge in [0.05, 0.1) is 4.90 Å². The van der Waals surface area contributed by atoms with Gasteiger partial charge in [-0.3, -0.25) is 0 Å². The van der Waals surface area contributed by atoms with Crippen molar-refractivity contribution in [2.75, 3.05) is 13.1 Å². The highest BCUT2D eigenvalue weighted by Crippen LogP contribution is 2.25. The minimum Gasteiger partial charge on any atom is -0.489 e. The van der Waals surface area contributed by atoms with Crippen LogP contribution in [0.2, 0.25) is 0 Å². The van der Waals surface area contributed by atoms with Crippen molar-refractivity contribution in [1.29, 1.82) is 0 Å². The number of hydrogen-bond donors (Lipinski definition) is 0. The van der Waals surface area contributed by atoms with Gasteiger partial charge in [-0.1, -0.05) is 22.4 Å². The van der Waals surface area contributed by atoms with Gasteiger partial charge in [0.15, 0.2) is 0 Å². The van der Waals surface area contributed by atoms with E-state index in [1.807, 2.05) is 12.1 Å². The first-order valence-electron chi connectivity index (χ1n) is 9.39. The number of ether oxygens (including phenoxy) is 1. The molecule has 0 amide bonds. The molecular weight excluding hydrogens is 458 g/mol. The highest BCUT2D eigenvalue weighted by molar-refractivity contribution is 9.10. The van der Waals surface area contributed by atoms with Gasteiger partial charge in [-0.25, -0.2) is 13.2 Å². The summed E-state index contributed by atoms with van der Waals surface area (Å²) in [4.78, 5) is 12.1. The zero-order chi connectivity index (χ0) is 20.4. The first kappa shape index (κ1) is 20.1. The topological polar surface area (TPSA) is 76.8 Å². The fourth-order valence-electron chi connectivity index (χ4n) is 3.45. The summed E-state index contributed by atoms with van der Waals surface area (Å²) in [5.74, 6) is 0.529. The van der Waals surface area contributed by atoms with Gasteiger partial charge in [0.2, 0.25) is 10.0 Å². The first-order chi connectivity index (χ1) is 13.9. The third kappa shape index (κ3) is 4.39. The van der Waals surface area contributed by atoms with Crippen molar-refractivity contribution in [3.8, 4) is 5.75 Å². The number of rotatable bonds is 5. The maximum absolute atomic E-state index is 12.7. The summed E-state index contributed by atoms with van der Waals surface area (Å²) >= 11 is 3.36. The molecule has 1 fully saturated rings. The van der Waals surface area contributed by atoms with Gasteiger partial charge >= 0.3 is 5.63 Å². The molecule has 0 saturated carbocycles. The third-order valence-corrected chi connectivity index (χ3v) is 7.37. The Morgan fingerprint density at radius 2 is 1.72 bits per heavy atom. The number of nitrogens with zero attached hydrogens (tertiary/aromatic N) is 1. The molecule has 1 aliphatic rings. The van der Waals surface area contributed by atoms with Crippen LogP contribution in [0.3, 0.4) is 0 Å². The predicted octanol–water partition coefficient (Wildman–Crippen LogP) is 4.31. The quantitative estimate of drug-likeness (QED) is 0.511. The van der Waals surface area contributed by atoms with Gasteiger partial charge in [-0.15, -0.1) is 0 Å². The summed E-state index contributed by atoms with van der Waals surface area (Å²) < 4.78 is 38.8. The first-order valence-corrected chi connectivity index (χ1v) is 11.6. The smallest absolute Gasteiger partial charge is 0.336 e. The van der Waals surface area contributed by atoms with Crippen molar-refractivity contribution in [2.24, 2.45) is 0 Å². The van der Waals surface area contributed by atoms with E-state index in [0.717, 1.165) is 29.1 Å². The van der Waals surface area contributed by atoms with E-state index in [9.17, 15) is 13.2 Å². The molecule has 1 aliphatic heterocycles. The standard InChI is InChI=1S/C21H20BrNO5S/c22-16-4-9-19-15(12-21(24)28-20(19)13-16)14-27-17-5-7-18(8-6-17)29(25,26)23-10-2-1-3-11-23/h4-9,12-13H,1-3,10-11,14H2. The van der Waals surface area contributed by atoms with Crippen LogP contribution in [0.25, 0.3) is 11.0 Å². The Kier molecular flexibility index (Phi) is 5.76. The lowest BCUT2D eigenvalue weighted by Gasteiger charge is -2.25. The van der Waals surface area contributed by atoms with Crippen molar-refractivity contribution < 1.29 is 17.6 Å². The van der Waals surface area contributed by atoms with Gasteiger partial charge in [-0.05, 0) is 55.3 Å². The van der Waals surface area contributed by atoms with Crippen LogP contribution < -0.4 is 10.4 Å². The molecule has 0 N–H and O–H groups in total. The predicted molar refractivity (Wildman–Crippen MR) is 114 cm³/mol. The van der Waals surface area contributed by atoms with Crippen LogP contribution in [0.1, 0.15) is 24.8 Å². The minimum absolute atomic E-state index is 0.169. The Labute approximate surface area is 177 Å². The molecule has 1 saturated heterocycles. The lowest BCUT2D eigenvalue weighted by atomic mass is 10.1. The monoisotopic (exact) mass is 477 g/mol. The second kappa shape index (κ2) is 8.30. The van der Waals surface area contributed by atoms with Crippen LogP contribution in [0, 0.1) is 0 Å². The van der Waals surface area contributed by atoms with E-state index in [4.69, 9.17) is 9.15 Å². The van der Waals surface area contributed by atoms with E-state index in [1.165, 1.54) is 6.07 Å². The molecule has 0 atom stereocenters. The average molecular weight is 478 g/mol. The summed E-state index contributed by atoms with van der Waals surface area (Å²) in [6.07, 6.45) is 2.87. The highest BCUT2D eigenvalue weighted by Gasteiger charge is 2.25. The minimum atomic E-state index is -3.46. The maximum Gasteiger partial charge on any atom is 0.336 e. The molecule has 1 aromatic heterocycles. The maximum atomic E-state index is 12.7. The van der Waals surface area contributed by atoms with E-state index in [0.29, 0.717) is 30.0 Å². The Morgan fingerprint density at radius 1 is 1.00 bits per heavy atom. The lowest BCUT2D eigenvalue weighted by molar-refractivity contribution is 0.306. The average Bonchev–Trinajstić information content (AvgIpc) is 2.72. The van der Waals surface area contributed by atoms with Crippen molar-refractivity contribution in [3.05, 3.63) is 69.0 Å². The fourth-order valence-corrected chi connectivity index (χ4v) is 5.30. The fraction of sp³-hybridized carbons (Fsp3) is 0.286. The molecule has 4 rings (SSSR count). The molecule has 0 bridgehead atoms. The van der Waals surface area contributed by atoms with Crippen molar-refractivity contribution in [2.45, 2.75) is 30.8 Å². The highest BCUT2D eigenvalue weighted by atomic mass is 79.9. The molecule has 2 aromatic carbocycles. The summed E-state index contributed by atoms with van der Waals surface area (Å²) in [7, 11) is -3.46. The third-order valence-electron chi connectivity index (χ3n) is 4.96. The van der Waals surface area contributed by atoms with Gasteiger partial charge < -0.3 is 9.15 Å². The Balaban J connectivity index is 1.51. The summed E-state index contributed by atoms with van der Waals surface area (Å²) in [5.41, 5.74) is 0.736. The van der Waals surface area contributed by atoms with E-state index in [1.54, 1.807) is 34.6 Å². The van der Waals surface area contributed by atoms with Gasteiger partial charge in [0.25, 0.3) is 0 Å². The summed E-state index contributed by atoms with van der Waals surface area (Å²) in [5, 5.41) is 0.789. The van der Waals surface area contributed by atoms with E-state index < -0.39 is 15.6 Å². The Bertz CT molecular complexity index is 1180. The number of hydrogen-bond acceptors (Lipinski definition) is 5. The zero-order valence-corrected chi connectivity index (χ0v) is 18.0. The van der Waals surface area contributed by atoms with Gasteiger partial charge in [0.1, 0.15) is 17.9 Å². The zero-order valence-electron chi connectivity index (χ0n) is 15.6. The lowest BCUT2D eigenvalue weighted by Crippen LogP contribution is -2.35. The molecule has 0 aliphatic carbocycles. The van der Waals surface area contributed by atoms with Crippen LogP contribution in [-0.4, -0.2) is 25.8 Å². The van der Waals surface area contributed by atoms with Crippen LogP contribution in [-0.2, 0) is 16.6 Å². The Hall–Kier alpha value is -2.16. The molecule has 0 radical (unpaired) electrons. The number of piperidine rings is 1. The molecule has 8 heteroatoms. The van der Waals surface area contributed by atoms with E-state index in [2.05, 4.69) is 15.9 Å². The van der Waals surface area contributed by atoms with Crippen molar-refractivity contribution in [3.63, 3.8) is 0 Å². The number of benzene rings is 2. The molecule has 6 nitrogen and oxygen atoms in total. The molecule has 29 heavy (non-hydrogen) atoms. The van der Waals surface area contributed by atoms with E-state index >= 15 is 0 Å². The molecule has 152 valence electrons. The normalized spacial score (nSPS) is 15.5. The molecular formula is C21H20BrNO5S. The van der Waals surface area contributed by atoms with Crippen LogP contribution in [0.5, 0.6) is 5.75 Å². The Morgan fingerprint density at radius 3 is 2.45 bits per heavy atom. The number of sulfonamides is 1. The number of halogens is 1. The van der Waals surface area contributed by atoms with Crippen molar-refractivity contribution >= 4 is 36.9 Å². The van der Waals surface area contributed by atoms with Crippen LogP contribution >= 0.6 is 15.9 Å². The number of fused-ring (bicyclic) bond motifs is 1. The SMILES string of the molecule is O=c1cc(COc2ccc(S(=O)(=O)N3CCCCC3)cc2)c2ccc(Br)cc2o1. The van der Waals surface area contributed by atoms with Gasteiger partial charge in [-0.2, -0.15) is 4.31 Å². The molecule has 0 unspecified atom stereocenters. The molecule has 0 spiro atoms.